The van der Waals surface area contributed by atoms with Crippen LogP contribution in [0.5, 0.6) is 0 Å². The van der Waals surface area contributed by atoms with Crippen molar-refractivity contribution in [2.24, 2.45) is 10.9 Å². The van der Waals surface area contributed by atoms with E-state index in [9.17, 15) is 8.42 Å². The lowest BCUT2D eigenvalue weighted by molar-refractivity contribution is 0.589. The van der Waals surface area contributed by atoms with E-state index in [2.05, 4.69) is 53.7 Å². The quantitative estimate of drug-likeness (QED) is 0.245. The molecule has 0 aromatic heterocycles. The van der Waals surface area contributed by atoms with Gasteiger partial charge < -0.3 is 10.6 Å². The van der Waals surface area contributed by atoms with Gasteiger partial charge in [-0.1, -0.05) is 38.1 Å². The van der Waals surface area contributed by atoms with E-state index in [4.69, 9.17) is 0 Å². The Bertz CT molecular complexity index is 688. The van der Waals surface area contributed by atoms with Gasteiger partial charge in [-0.3, -0.25) is 4.99 Å². The second kappa shape index (κ2) is 11.9. The Morgan fingerprint density at radius 2 is 1.93 bits per heavy atom. The number of rotatable bonds is 8. The molecule has 0 spiro atoms. The zero-order valence-corrected chi connectivity index (χ0v) is 19.8. The van der Waals surface area contributed by atoms with E-state index in [1.807, 2.05) is 6.92 Å². The number of hydrogen-bond donors (Lipinski definition) is 2. The highest BCUT2D eigenvalue weighted by molar-refractivity contribution is 14.0. The van der Waals surface area contributed by atoms with Gasteiger partial charge in [-0.2, -0.15) is 0 Å². The number of aliphatic imine (C=N–C) groups is 1. The third-order valence-electron chi connectivity index (χ3n) is 4.76. The van der Waals surface area contributed by atoms with Crippen LogP contribution in [-0.4, -0.2) is 45.5 Å². The Balaban J connectivity index is 0.00000364. The Hall–Kier alpha value is -0.830. The van der Waals surface area contributed by atoms with E-state index in [-0.39, 0.29) is 35.6 Å². The summed E-state index contributed by atoms with van der Waals surface area (Å²) in [4.78, 5) is 4.57. The van der Waals surface area contributed by atoms with Gasteiger partial charge in [0.05, 0.1) is 11.5 Å². The predicted molar refractivity (Wildman–Crippen MR) is 125 cm³/mol. The first-order valence-corrected chi connectivity index (χ1v) is 11.5. The SMILES string of the molecule is CCNC(=NCC1CCS(=O)(=O)C1)NCCCc1ccc(C(C)C)cc1.I. The van der Waals surface area contributed by atoms with Crippen molar-refractivity contribution >= 4 is 39.8 Å². The Morgan fingerprint density at radius 1 is 1.22 bits per heavy atom. The number of nitrogens with one attached hydrogen (secondary N) is 2. The summed E-state index contributed by atoms with van der Waals surface area (Å²) in [6, 6.07) is 8.87. The van der Waals surface area contributed by atoms with Crippen molar-refractivity contribution in [2.75, 3.05) is 31.1 Å². The van der Waals surface area contributed by atoms with Crippen LogP contribution >= 0.6 is 24.0 Å². The molecule has 0 saturated carbocycles. The molecule has 1 aromatic rings. The minimum Gasteiger partial charge on any atom is -0.357 e. The summed E-state index contributed by atoms with van der Waals surface area (Å²) in [6.45, 7) is 8.67. The van der Waals surface area contributed by atoms with Crippen molar-refractivity contribution in [3.8, 4) is 0 Å². The van der Waals surface area contributed by atoms with E-state index in [0.717, 1.165) is 38.3 Å². The molecule has 1 fully saturated rings. The van der Waals surface area contributed by atoms with Crippen molar-refractivity contribution in [3.05, 3.63) is 35.4 Å². The molecular weight excluding hydrogens is 473 g/mol. The summed E-state index contributed by atoms with van der Waals surface area (Å²) in [7, 11) is -2.83. The molecule has 1 saturated heterocycles. The molecule has 2 rings (SSSR count). The number of benzene rings is 1. The maximum absolute atomic E-state index is 11.5. The van der Waals surface area contributed by atoms with Crippen LogP contribution in [-0.2, 0) is 16.3 Å². The summed E-state index contributed by atoms with van der Waals surface area (Å²) < 4.78 is 23.1. The average molecular weight is 507 g/mol. The predicted octanol–water partition coefficient (Wildman–Crippen LogP) is 3.35. The maximum Gasteiger partial charge on any atom is 0.191 e. The molecule has 0 aliphatic carbocycles. The summed E-state index contributed by atoms with van der Waals surface area (Å²) in [5.41, 5.74) is 2.73. The van der Waals surface area contributed by atoms with Gasteiger partial charge in [-0.05, 0) is 49.1 Å². The van der Waals surface area contributed by atoms with Crippen LogP contribution in [0.4, 0.5) is 0 Å². The molecule has 1 unspecified atom stereocenters. The first-order valence-electron chi connectivity index (χ1n) is 9.71. The van der Waals surface area contributed by atoms with E-state index < -0.39 is 9.84 Å². The highest BCUT2D eigenvalue weighted by Crippen LogP contribution is 2.18. The van der Waals surface area contributed by atoms with Gasteiger partial charge in [-0.15, -0.1) is 24.0 Å². The van der Waals surface area contributed by atoms with E-state index in [1.165, 1.54) is 11.1 Å². The number of nitrogens with zero attached hydrogens (tertiary/aromatic N) is 1. The number of hydrogen-bond acceptors (Lipinski definition) is 3. The topological polar surface area (TPSA) is 70.6 Å². The fourth-order valence-corrected chi connectivity index (χ4v) is 5.00. The van der Waals surface area contributed by atoms with Gasteiger partial charge in [0.1, 0.15) is 0 Å². The summed E-state index contributed by atoms with van der Waals surface area (Å²) >= 11 is 0. The van der Waals surface area contributed by atoms with Gasteiger partial charge >= 0.3 is 0 Å². The molecule has 1 heterocycles. The molecule has 27 heavy (non-hydrogen) atoms. The second-order valence-electron chi connectivity index (χ2n) is 7.42. The molecule has 1 atom stereocenters. The Kier molecular flexibility index (Phi) is 10.7. The molecule has 0 bridgehead atoms. The van der Waals surface area contributed by atoms with Crippen molar-refractivity contribution in [1.82, 2.24) is 10.6 Å². The fraction of sp³-hybridized carbons (Fsp3) is 0.650. The maximum atomic E-state index is 11.5. The molecule has 154 valence electrons. The lowest BCUT2D eigenvalue weighted by Crippen LogP contribution is -2.38. The largest absolute Gasteiger partial charge is 0.357 e. The van der Waals surface area contributed by atoms with Gasteiger partial charge in [0.25, 0.3) is 0 Å². The molecule has 2 N–H and O–H groups in total. The van der Waals surface area contributed by atoms with Crippen LogP contribution in [0.25, 0.3) is 0 Å². The third kappa shape index (κ3) is 8.81. The van der Waals surface area contributed by atoms with Crippen molar-refractivity contribution < 1.29 is 8.42 Å². The standard InChI is InChI=1S/C20H33N3O2S.HI/c1-4-21-20(23-14-18-11-13-26(24,25)15-18)22-12-5-6-17-7-9-19(10-8-17)16(2)3;/h7-10,16,18H,4-6,11-15H2,1-3H3,(H2,21,22,23);1H. The number of guanidine groups is 1. The fourth-order valence-electron chi connectivity index (χ4n) is 3.15. The number of aryl methyl sites for hydroxylation is 1. The minimum atomic E-state index is -2.83. The van der Waals surface area contributed by atoms with Gasteiger partial charge in [0, 0.05) is 19.6 Å². The number of halogens is 1. The molecule has 7 heteroatoms. The van der Waals surface area contributed by atoms with Gasteiger partial charge in [-0.25, -0.2) is 8.42 Å². The van der Waals surface area contributed by atoms with Crippen molar-refractivity contribution in [1.29, 1.82) is 0 Å². The highest BCUT2D eigenvalue weighted by atomic mass is 127. The molecule has 1 aromatic carbocycles. The molecule has 0 amide bonds. The van der Waals surface area contributed by atoms with E-state index in [0.29, 0.717) is 18.2 Å². The molecule has 1 aliphatic heterocycles. The first kappa shape index (κ1) is 24.2. The van der Waals surface area contributed by atoms with Crippen LogP contribution in [0.2, 0.25) is 0 Å². The van der Waals surface area contributed by atoms with Crippen LogP contribution in [0, 0.1) is 5.92 Å². The summed E-state index contributed by atoms with van der Waals surface area (Å²) in [6.07, 6.45) is 2.80. The van der Waals surface area contributed by atoms with E-state index >= 15 is 0 Å². The van der Waals surface area contributed by atoms with Crippen molar-refractivity contribution in [2.45, 2.75) is 46.0 Å². The second-order valence-corrected chi connectivity index (χ2v) is 9.64. The molecule has 0 radical (unpaired) electrons. The lowest BCUT2D eigenvalue weighted by Gasteiger charge is -2.13. The molecule has 1 aliphatic rings. The number of sulfone groups is 1. The smallest absolute Gasteiger partial charge is 0.191 e. The Labute approximate surface area is 181 Å². The van der Waals surface area contributed by atoms with Crippen molar-refractivity contribution in [3.63, 3.8) is 0 Å². The Morgan fingerprint density at radius 3 is 2.48 bits per heavy atom. The van der Waals surface area contributed by atoms with Crippen LogP contribution < -0.4 is 10.6 Å². The monoisotopic (exact) mass is 507 g/mol. The van der Waals surface area contributed by atoms with Crippen LogP contribution in [0.1, 0.15) is 50.7 Å². The lowest BCUT2D eigenvalue weighted by atomic mass is 10.0. The normalized spacial score (nSPS) is 19.0. The summed E-state index contributed by atoms with van der Waals surface area (Å²) in [5.74, 6) is 2.11. The zero-order chi connectivity index (χ0) is 19.0. The zero-order valence-electron chi connectivity index (χ0n) is 16.7. The molecule has 5 nitrogen and oxygen atoms in total. The van der Waals surface area contributed by atoms with Gasteiger partial charge in [0.2, 0.25) is 0 Å². The van der Waals surface area contributed by atoms with Gasteiger partial charge in [0.15, 0.2) is 15.8 Å². The third-order valence-corrected chi connectivity index (χ3v) is 6.60. The molecular formula is C20H34IN3O2S. The first-order chi connectivity index (χ1) is 12.4. The van der Waals surface area contributed by atoms with Crippen LogP contribution in [0.3, 0.4) is 0 Å². The minimum absolute atomic E-state index is 0. The highest BCUT2D eigenvalue weighted by Gasteiger charge is 2.27. The average Bonchev–Trinajstić information content (AvgIpc) is 2.95. The van der Waals surface area contributed by atoms with Crippen LogP contribution in [0.15, 0.2) is 29.3 Å². The summed E-state index contributed by atoms with van der Waals surface area (Å²) in [5, 5.41) is 6.59. The van der Waals surface area contributed by atoms with E-state index in [1.54, 1.807) is 0 Å².